The van der Waals surface area contributed by atoms with E-state index in [4.69, 9.17) is 9.52 Å². The smallest absolute Gasteiger partial charge is 0.338 e. The van der Waals surface area contributed by atoms with Gasteiger partial charge in [0.2, 0.25) is 0 Å². The Kier molecular flexibility index (Phi) is 3.77. The van der Waals surface area contributed by atoms with Gasteiger partial charge in [0.1, 0.15) is 17.8 Å². The zero-order valence-corrected chi connectivity index (χ0v) is 11.9. The molecule has 2 aromatic rings. The summed E-state index contributed by atoms with van der Waals surface area (Å²) in [6.45, 7) is 0. The highest BCUT2D eigenvalue weighted by atomic mass is 79.9. The zero-order chi connectivity index (χ0) is 14.0. The van der Waals surface area contributed by atoms with Crippen LogP contribution in [0, 0.1) is 0 Å². The first kappa shape index (κ1) is 13.8. The number of carboxylic acid groups (broad SMARTS) is 1. The lowest BCUT2D eigenvalue weighted by Gasteiger charge is -2.04. The summed E-state index contributed by atoms with van der Waals surface area (Å²) in [5, 5.41) is 8.74. The number of hydrogen-bond donors (Lipinski definition) is 1. The van der Waals surface area contributed by atoms with Crippen LogP contribution in [0.25, 0.3) is 0 Å². The molecule has 0 amide bonds. The fourth-order valence-electron chi connectivity index (χ4n) is 1.53. The van der Waals surface area contributed by atoms with E-state index in [2.05, 4.69) is 15.9 Å². The second-order valence-electron chi connectivity index (χ2n) is 3.80. The summed E-state index contributed by atoms with van der Waals surface area (Å²) < 4.78 is 29.7. The number of halogens is 1. The van der Waals surface area contributed by atoms with Gasteiger partial charge in [-0.15, -0.1) is 0 Å². The maximum absolute atomic E-state index is 12.2. The summed E-state index contributed by atoms with van der Waals surface area (Å²) in [5.74, 6) is -1.45. The second kappa shape index (κ2) is 5.18. The molecule has 0 fully saturated rings. The van der Waals surface area contributed by atoms with Crippen molar-refractivity contribution in [2.75, 3.05) is 0 Å². The van der Waals surface area contributed by atoms with E-state index in [0.717, 1.165) is 6.26 Å². The average molecular weight is 345 g/mol. The molecule has 0 atom stereocenters. The topological polar surface area (TPSA) is 84.6 Å². The maximum Gasteiger partial charge on any atom is 0.338 e. The Morgan fingerprint density at radius 1 is 1.32 bits per heavy atom. The van der Waals surface area contributed by atoms with Gasteiger partial charge in [-0.1, -0.05) is 12.1 Å². The molecule has 0 aliphatic heterocycles. The molecule has 0 aliphatic carbocycles. The molecule has 100 valence electrons. The Morgan fingerprint density at radius 2 is 2.00 bits per heavy atom. The van der Waals surface area contributed by atoms with Gasteiger partial charge in [0.25, 0.3) is 0 Å². The first-order valence-corrected chi connectivity index (χ1v) is 7.62. The van der Waals surface area contributed by atoms with E-state index in [-0.39, 0.29) is 22.0 Å². The van der Waals surface area contributed by atoms with E-state index in [1.54, 1.807) is 18.2 Å². The van der Waals surface area contributed by atoms with Gasteiger partial charge in [-0.25, -0.2) is 13.2 Å². The molecule has 2 rings (SSSR count). The molecular weight excluding hydrogens is 336 g/mol. The molecule has 0 saturated heterocycles. The van der Waals surface area contributed by atoms with E-state index in [9.17, 15) is 13.2 Å². The Balaban J connectivity index is 2.31. The van der Waals surface area contributed by atoms with E-state index < -0.39 is 15.8 Å². The first-order chi connectivity index (χ1) is 8.90. The largest absolute Gasteiger partial charge is 0.478 e. The molecule has 7 heteroatoms. The van der Waals surface area contributed by atoms with Crippen molar-refractivity contribution in [3.05, 3.63) is 52.4 Å². The number of furan rings is 1. The van der Waals surface area contributed by atoms with Crippen molar-refractivity contribution in [3.63, 3.8) is 0 Å². The predicted octanol–water partition coefficient (Wildman–Crippen LogP) is 2.71. The van der Waals surface area contributed by atoms with Crippen LogP contribution in [-0.4, -0.2) is 19.5 Å². The SMILES string of the molecule is O=C(O)c1coc(CS(=O)(=O)c2ccccc2Br)c1. The molecule has 0 aliphatic rings. The quantitative estimate of drug-likeness (QED) is 0.921. The summed E-state index contributed by atoms with van der Waals surface area (Å²) in [6.07, 6.45) is 1.02. The monoisotopic (exact) mass is 344 g/mol. The molecule has 19 heavy (non-hydrogen) atoms. The normalized spacial score (nSPS) is 11.4. The number of carbonyl (C=O) groups is 1. The van der Waals surface area contributed by atoms with Crippen LogP contribution in [0.5, 0.6) is 0 Å². The van der Waals surface area contributed by atoms with Gasteiger partial charge in [-0.2, -0.15) is 0 Å². The lowest BCUT2D eigenvalue weighted by molar-refractivity contribution is 0.0696. The van der Waals surface area contributed by atoms with Crippen LogP contribution >= 0.6 is 15.9 Å². The minimum Gasteiger partial charge on any atom is -0.478 e. The van der Waals surface area contributed by atoms with Gasteiger partial charge < -0.3 is 9.52 Å². The van der Waals surface area contributed by atoms with Gasteiger partial charge >= 0.3 is 5.97 Å². The highest BCUT2D eigenvalue weighted by molar-refractivity contribution is 9.10. The molecule has 1 aromatic carbocycles. The van der Waals surface area contributed by atoms with Gasteiger partial charge in [0.05, 0.1) is 10.5 Å². The van der Waals surface area contributed by atoms with Gasteiger partial charge in [0, 0.05) is 4.47 Å². The molecule has 0 bridgehead atoms. The lowest BCUT2D eigenvalue weighted by Crippen LogP contribution is -2.05. The van der Waals surface area contributed by atoms with Crippen LogP contribution in [0.15, 0.2) is 50.4 Å². The molecule has 0 spiro atoms. The van der Waals surface area contributed by atoms with Crippen molar-refractivity contribution in [3.8, 4) is 0 Å². The van der Waals surface area contributed by atoms with Crippen molar-refractivity contribution in [1.82, 2.24) is 0 Å². The van der Waals surface area contributed by atoms with Crippen LogP contribution in [0.2, 0.25) is 0 Å². The fraction of sp³-hybridized carbons (Fsp3) is 0.0833. The Labute approximate surface area is 117 Å². The number of sulfone groups is 1. The van der Waals surface area contributed by atoms with Crippen molar-refractivity contribution in [1.29, 1.82) is 0 Å². The highest BCUT2D eigenvalue weighted by Crippen LogP contribution is 2.25. The summed E-state index contributed by atoms with van der Waals surface area (Å²) in [4.78, 5) is 10.8. The molecule has 0 radical (unpaired) electrons. The van der Waals surface area contributed by atoms with Crippen LogP contribution < -0.4 is 0 Å². The van der Waals surface area contributed by atoms with Crippen molar-refractivity contribution in [2.45, 2.75) is 10.6 Å². The molecule has 1 heterocycles. The Bertz CT molecular complexity index is 717. The Morgan fingerprint density at radius 3 is 2.58 bits per heavy atom. The van der Waals surface area contributed by atoms with Gasteiger partial charge in [-0.05, 0) is 34.1 Å². The van der Waals surface area contributed by atoms with Crippen LogP contribution in [0.1, 0.15) is 16.1 Å². The highest BCUT2D eigenvalue weighted by Gasteiger charge is 2.21. The molecule has 1 N–H and O–H groups in total. The minimum absolute atomic E-state index is 0.0719. The second-order valence-corrected chi connectivity index (χ2v) is 6.61. The van der Waals surface area contributed by atoms with Crippen molar-refractivity contribution < 1.29 is 22.7 Å². The molecule has 0 saturated carbocycles. The third-order valence-corrected chi connectivity index (χ3v) is 5.05. The standard InChI is InChI=1S/C12H9BrO5S/c13-10-3-1-2-4-11(10)19(16,17)7-9-5-8(6-18-9)12(14)15/h1-6H,7H2,(H,14,15). The van der Waals surface area contributed by atoms with Gasteiger partial charge in [-0.3, -0.25) is 0 Å². The Hall–Kier alpha value is -1.60. The number of hydrogen-bond acceptors (Lipinski definition) is 4. The van der Waals surface area contributed by atoms with Crippen molar-refractivity contribution >= 4 is 31.7 Å². The van der Waals surface area contributed by atoms with E-state index in [1.807, 2.05) is 0 Å². The summed E-state index contributed by atoms with van der Waals surface area (Å²) in [5.41, 5.74) is -0.0719. The molecule has 1 aromatic heterocycles. The van der Waals surface area contributed by atoms with E-state index in [1.165, 1.54) is 12.1 Å². The fourth-order valence-corrected chi connectivity index (χ4v) is 3.89. The molecular formula is C12H9BrO5S. The average Bonchev–Trinajstić information content (AvgIpc) is 2.77. The summed E-state index contributed by atoms with van der Waals surface area (Å²) >= 11 is 3.17. The van der Waals surface area contributed by atoms with E-state index >= 15 is 0 Å². The first-order valence-electron chi connectivity index (χ1n) is 5.18. The van der Waals surface area contributed by atoms with Crippen LogP contribution in [0.3, 0.4) is 0 Å². The number of carboxylic acids is 1. The number of rotatable bonds is 4. The van der Waals surface area contributed by atoms with Crippen LogP contribution in [0.4, 0.5) is 0 Å². The zero-order valence-electron chi connectivity index (χ0n) is 9.54. The van der Waals surface area contributed by atoms with Crippen molar-refractivity contribution in [2.24, 2.45) is 0 Å². The third-order valence-electron chi connectivity index (χ3n) is 2.40. The van der Waals surface area contributed by atoms with Gasteiger partial charge in [0.15, 0.2) is 9.84 Å². The summed E-state index contributed by atoms with van der Waals surface area (Å²) in [7, 11) is -3.59. The lowest BCUT2D eigenvalue weighted by atomic mass is 10.3. The van der Waals surface area contributed by atoms with E-state index in [0.29, 0.717) is 4.47 Å². The third kappa shape index (κ3) is 3.05. The molecule has 0 unspecified atom stereocenters. The predicted molar refractivity (Wildman–Crippen MR) is 70.7 cm³/mol. The minimum atomic E-state index is -3.59. The maximum atomic E-state index is 12.2. The number of aromatic carboxylic acids is 1. The summed E-state index contributed by atoms with van der Waals surface area (Å²) in [6, 6.07) is 7.62. The van der Waals surface area contributed by atoms with Crippen LogP contribution in [-0.2, 0) is 15.6 Å². The molecule has 5 nitrogen and oxygen atoms in total. The number of benzene rings is 1.